The topological polar surface area (TPSA) is 132 Å². The number of anilines is 1. The Hall–Kier alpha value is -3.65. The quantitative estimate of drug-likeness (QED) is 0.364. The molecule has 2 aliphatic rings. The van der Waals surface area contributed by atoms with E-state index in [4.69, 9.17) is 14.2 Å². The predicted octanol–water partition coefficient (Wildman–Crippen LogP) is 2.48. The van der Waals surface area contributed by atoms with Gasteiger partial charge in [-0.25, -0.2) is 16.8 Å². The number of rotatable bonds is 9. The summed E-state index contributed by atoms with van der Waals surface area (Å²) in [6.07, 6.45) is -1.08. The van der Waals surface area contributed by atoms with Gasteiger partial charge in [-0.1, -0.05) is 23.8 Å². The van der Waals surface area contributed by atoms with E-state index in [-0.39, 0.29) is 29.5 Å². The average Bonchev–Trinajstić information content (AvgIpc) is 2.99. The number of fused-ring (bicyclic) bond motifs is 1. The van der Waals surface area contributed by atoms with Crippen molar-refractivity contribution in [3.63, 3.8) is 0 Å². The zero-order chi connectivity index (χ0) is 29.9. The van der Waals surface area contributed by atoms with E-state index < -0.39 is 32.1 Å². The van der Waals surface area contributed by atoms with Gasteiger partial charge in [-0.05, 0) is 67.9 Å². The number of carbonyl (C=O) groups excluding carboxylic acids is 1. The van der Waals surface area contributed by atoms with Crippen molar-refractivity contribution in [1.29, 1.82) is 0 Å². The van der Waals surface area contributed by atoms with Crippen LogP contribution in [0.5, 0.6) is 11.5 Å². The molecule has 1 unspecified atom stereocenters. The van der Waals surface area contributed by atoms with Crippen LogP contribution in [0.3, 0.4) is 0 Å². The molecular weight excluding hydrogens is 582 g/mol. The number of nitrogens with one attached hydrogen (secondary N) is 1. The third-order valence-corrected chi connectivity index (χ3v) is 10.7. The lowest BCUT2D eigenvalue weighted by atomic mass is 10.1. The van der Waals surface area contributed by atoms with Crippen LogP contribution in [0.15, 0.2) is 76.5 Å². The highest BCUT2D eigenvalue weighted by Crippen LogP contribution is 2.37. The summed E-state index contributed by atoms with van der Waals surface area (Å²) in [5, 5.41) is 2.74. The van der Waals surface area contributed by atoms with Crippen molar-refractivity contribution in [2.24, 2.45) is 0 Å². The molecule has 1 amide bonds. The maximum Gasteiger partial charge on any atom is 0.264 e. The Morgan fingerprint density at radius 2 is 1.50 bits per heavy atom. The molecule has 2 heterocycles. The molecule has 2 aliphatic heterocycles. The molecule has 5 rings (SSSR count). The molecule has 42 heavy (non-hydrogen) atoms. The van der Waals surface area contributed by atoms with E-state index >= 15 is 0 Å². The summed E-state index contributed by atoms with van der Waals surface area (Å²) in [6, 6.07) is 17.8. The normalized spacial score (nSPS) is 17.7. The predicted molar refractivity (Wildman–Crippen MR) is 156 cm³/mol. The average molecular weight is 616 g/mol. The van der Waals surface area contributed by atoms with E-state index in [0.29, 0.717) is 43.5 Å². The second-order valence-corrected chi connectivity index (χ2v) is 13.9. The maximum atomic E-state index is 13.6. The Kier molecular flexibility index (Phi) is 8.73. The number of amides is 1. The van der Waals surface area contributed by atoms with E-state index in [1.807, 2.05) is 13.8 Å². The lowest BCUT2D eigenvalue weighted by molar-refractivity contribution is -0.127. The number of sulfonamides is 2. The molecule has 1 atom stereocenters. The molecule has 0 saturated carbocycles. The summed E-state index contributed by atoms with van der Waals surface area (Å²) in [5.74, 6) is 0.255. The lowest BCUT2D eigenvalue weighted by Crippen LogP contribution is -2.51. The van der Waals surface area contributed by atoms with E-state index in [1.165, 1.54) is 20.7 Å². The molecule has 0 aliphatic carbocycles. The highest BCUT2D eigenvalue weighted by molar-refractivity contribution is 7.92. The second kappa shape index (κ2) is 12.3. The van der Waals surface area contributed by atoms with Gasteiger partial charge in [-0.15, -0.1) is 0 Å². The Labute approximate surface area is 246 Å². The summed E-state index contributed by atoms with van der Waals surface area (Å²) in [6.45, 7) is 5.12. The summed E-state index contributed by atoms with van der Waals surface area (Å²) in [4.78, 5) is 13.3. The minimum absolute atomic E-state index is 0.106. The SMILES string of the molecule is Cc1ccc(S(=O)(=O)N2CC(C(=O)NCCOc3ccc(S(=O)(=O)N4CCOCC4)cc3)Oc3ccc(C)cc32)cc1. The van der Waals surface area contributed by atoms with E-state index in [2.05, 4.69) is 5.32 Å². The van der Waals surface area contributed by atoms with Gasteiger partial charge in [0.15, 0.2) is 6.10 Å². The van der Waals surface area contributed by atoms with Gasteiger partial charge in [-0.2, -0.15) is 4.31 Å². The van der Waals surface area contributed by atoms with Crippen LogP contribution >= 0.6 is 0 Å². The van der Waals surface area contributed by atoms with Gasteiger partial charge in [0.2, 0.25) is 10.0 Å². The van der Waals surface area contributed by atoms with Gasteiger partial charge in [0, 0.05) is 13.1 Å². The van der Waals surface area contributed by atoms with Crippen LogP contribution in [0.25, 0.3) is 0 Å². The first-order valence-corrected chi connectivity index (χ1v) is 16.4. The molecule has 0 radical (unpaired) electrons. The zero-order valence-electron chi connectivity index (χ0n) is 23.4. The Morgan fingerprint density at radius 3 is 2.19 bits per heavy atom. The molecule has 1 fully saturated rings. The number of carbonyl (C=O) groups is 1. The van der Waals surface area contributed by atoms with Gasteiger partial charge in [0.1, 0.15) is 18.1 Å². The highest BCUT2D eigenvalue weighted by Gasteiger charge is 2.37. The van der Waals surface area contributed by atoms with Gasteiger partial charge < -0.3 is 19.5 Å². The molecule has 1 N–H and O–H groups in total. The van der Waals surface area contributed by atoms with Crippen molar-refractivity contribution < 1.29 is 35.8 Å². The van der Waals surface area contributed by atoms with Gasteiger partial charge in [-0.3, -0.25) is 9.10 Å². The molecule has 13 heteroatoms. The fourth-order valence-electron chi connectivity index (χ4n) is 4.66. The molecule has 0 aromatic heterocycles. The zero-order valence-corrected chi connectivity index (χ0v) is 25.0. The van der Waals surface area contributed by atoms with Gasteiger partial charge in [0.05, 0.1) is 41.8 Å². The van der Waals surface area contributed by atoms with Crippen LogP contribution in [0.2, 0.25) is 0 Å². The molecule has 3 aromatic carbocycles. The van der Waals surface area contributed by atoms with Crippen LogP contribution < -0.4 is 19.1 Å². The van der Waals surface area contributed by atoms with Crippen molar-refractivity contribution in [2.75, 3.05) is 50.3 Å². The van der Waals surface area contributed by atoms with E-state index in [9.17, 15) is 21.6 Å². The largest absolute Gasteiger partial charge is 0.492 e. The number of hydrogen-bond donors (Lipinski definition) is 1. The number of morpholine rings is 1. The smallest absolute Gasteiger partial charge is 0.264 e. The first-order valence-electron chi connectivity index (χ1n) is 13.5. The third kappa shape index (κ3) is 6.38. The standard InChI is InChI=1S/C29H33N3O8S2/c1-21-3-8-25(9-4-21)42(36,37)32-20-28(40-27-12-5-22(2)19-26(27)32)29(33)30-13-16-39-23-6-10-24(11-7-23)41(34,35)31-14-17-38-18-15-31/h3-12,19,28H,13-18,20H2,1-2H3,(H,30,33). The number of aryl methyl sites for hydroxylation is 2. The van der Waals surface area contributed by atoms with Crippen LogP contribution in [-0.4, -0.2) is 79.2 Å². The maximum absolute atomic E-state index is 13.6. The minimum Gasteiger partial charge on any atom is -0.492 e. The molecule has 3 aromatic rings. The van der Waals surface area contributed by atoms with Crippen molar-refractivity contribution in [2.45, 2.75) is 29.7 Å². The first-order chi connectivity index (χ1) is 20.1. The Morgan fingerprint density at radius 1 is 0.881 bits per heavy atom. The Balaban J connectivity index is 1.20. The molecule has 0 bridgehead atoms. The fourth-order valence-corrected chi connectivity index (χ4v) is 7.54. The second-order valence-electron chi connectivity index (χ2n) is 10.1. The van der Waals surface area contributed by atoms with Gasteiger partial charge in [0.25, 0.3) is 15.9 Å². The molecule has 1 saturated heterocycles. The van der Waals surface area contributed by atoms with Crippen LogP contribution in [0.4, 0.5) is 5.69 Å². The van der Waals surface area contributed by atoms with Crippen molar-refractivity contribution >= 4 is 31.6 Å². The van der Waals surface area contributed by atoms with E-state index in [0.717, 1.165) is 11.1 Å². The monoisotopic (exact) mass is 615 g/mol. The number of nitrogens with zero attached hydrogens (tertiary/aromatic N) is 2. The molecule has 11 nitrogen and oxygen atoms in total. The molecular formula is C29H33N3O8S2. The third-order valence-electron chi connectivity index (χ3n) is 6.99. The van der Waals surface area contributed by atoms with Crippen LogP contribution in [-0.2, 0) is 29.6 Å². The van der Waals surface area contributed by atoms with Crippen molar-refractivity contribution in [3.8, 4) is 11.5 Å². The minimum atomic E-state index is -3.96. The molecule has 224 valence electrons. The highest BCUT2D eigenvalue weighted by atomic mass is 32.2. The summed E-state index contributed by atoms with van der Waals surface area (Å²) in [7, 11) is -7.57. The molecule has 0 spiro atoms. The Bertz CT molecular complexity index is 1640. The summed E-state index contributed by atoms with van der Waals surface area (Å²) >= 11 is 0. The van der Waals surface area contributed by atoms with Gasteiger partial charge >= 0.3 is 0 Å². The van der Waals surface area contributed by atoms with Crippen molar-refractivity contribution in [1.82, 2.24) is 9.62 Å². The first kappa shape index (κ1) is 29.8. The van der Waals surface area contributed by atoms with Crippen LogP contribution in [0, 0.1) is 13.8 Å². The lowest BCUT2D eigenvalue weighted by Gasteiger charge is -2.35. The van der Waals surface area contributed by atoms with Crippen molar-refractivity contribution in [3.05, 3.63) is 77.9 Å². The fraction of sp³-hybridized carbons (Fsp3) is 0.345. The number of benzene rings is 3. The number of hydrogen-bond acceptors (Lipinski definition) is 8. The summed E-state index contributed by atoms with van der Waals surface area (Å²) < 4.78 is 72.2. The van der Waals surface area contributed by atoms with Crippen LogP contribution in [0.1, 0.15) is 11.1 Å². The number of ether oxygens (including phenoxy) is 3. The summed E-state index contributed by atoms with van der Waals surface area (Å²) in [5.41, 5.74) is 2.16. The van der Waals surface area contributed by atoms with E-state index in [1.54, 1.807) is 54.6 Å².